The third-order valence-corrected chi connectivity index (χ3v) is 6.86. The first kappa shape index (κ1) is 22.8. The van der Waals surface area contributed by atoms with Crippen LogP contribution in [0.5, 0.6) is 11.5 Å². The first-order chi connectivity index (χ1) is 16.4. The zero-order chi connectivity index (χ0) is 23.7. The maximum absolute atomic E-state index is 13.3. The van der Waals surface area contributed by atoms with Crippen LogP contribution in [0.2, 0.25) is 0 Å². The summed E-state index contributed by atoms with van der Waals surface area (Å²) in [7, 11) is 0. The molecule has 1 saturated heterocycles. The van der Waals surface area contributed by atoms with Crippen LogP contribution in [0.15, 0.2) is 47.5 Å². The quantitative estimate of drug-likeness (QED) is 0.368. The fourth-order valence-corrected chi connectivity index (χ4v) is 5.20. The van der Waals surface area contributed by atoms with Gasteiger partial charge in [0.2, 0.25) is 11.7 Å². The summed E-state index contributed by atoms with van der Waals surface area (Å²) in [4.78, 5) is 22.3. The van der Waals surface area contributed by atoms with Crippen molar-refractivity contribution in [3.05, 3.63) is 53.9 Å². The second-order valence-electron chi connectivity index (χ2n) is 8.16. The van der Waals surface area contributed by atoms with Crippen molar-refractivity contribution < 1.29 is 27.4 Å². The van der Waals surface area contributed by atoms with Gasteiger partial charge in [-0.3, -0.25) is 4.79 Å². The average molecular weight is 490 g/mol. The van der Waals surface area contributed by atoms with Gasteiger partial charge >= 0.3 is 6.18 Å². The molecule has 5 rings (SSSR count). The number of aromatic nitrogens is 2. The largest absolute Gasteiger partial charge is 0.490 e. The lowest BCUT2D eigenvalue weighted by Gasteiger charge is -2.25. The maximum Gasteiger partial charge on any atom is 0.451 e. The van der Waals surface area contributed by atoms with E-state index < -0.39 is 12.0 Å². The number of benzene rings is 2. The summed E-state index contributed by atoms with van der Waals surface area (Å²) in [5.41, 5.74) is 1.16. The second-order valence-corrected chi connectivity index (χ2v) is 9.12. The van der Waals surface area contributed by atoms with Gasteiger partial charge in [-0.15, -0.1) is 0 Å². The van der Waals surface area contributed by atoms with Crippen molar-refractivity contribution in [3.63, 3.8) is 0 Å². The van der Waals surface area contributed by atoms with Crippen molar-refractivity contribution in [2.75, 3.05) is 25.5 Å². The number of ether oxygens (including phenoxy) is 2. The smallest absolute Gasteiger partial charge is 0.451 e. The highest BCUT2D eigenvalue weighted by molar-refractivity contribution is 8.00. The molecule has 0 aliphatic carbocycles. The van der Waals surface area contributed by atoms with E-state index in [4.69, 9.17) is 9.47 Å². The average Bonchev–Trinajstić information content (AvgIpc) is 3.20. The van der Waals surface area contributed by atoms with Gasteiger partial charge in [0.05, 0.1) is 30.5 Å². The maximum atomic E-state index is 13.3. The number of nitrogens with zero attached hydrogens (tertiary/aromatic N) is 3. The standard InChI is InChI=1S/C24H22F3N3O3S/c25-24(26,27)23-28-17-6-2-1-5-16(17)22(29-23)34-14-21(31)30-10-3-7-18(30)15-8-9-19-20(13-15)33-12-4-11-32-19/h1-2,5-6,8-9,13,18H,3-4,7,10-12,14H2/t18-/m1/s1. The van der Waals surface area contributed by atoms with Gasteiger partial charge in [-0.05, 0) is 36.6 Å². The monoisotopic (exact) mass is 489 g/mol. The van der Waals surface area contributed by atoms with E-state index in [1.165, 1.54) is 6.07 Å². The number of alkyl halides is 3. The SMILES string of the molecule is O=C(CSc1nc(C(F)(F)F)nc2ccccc12)N1CCC[C@@H]1c1ccc2c(c1)OCCCO2. The Morgan fingerprint density at radius 1 is 1.06 bits per heavy atom. The van der Waals surface area contributed by atoms with E-state index in [1.54, 1.807) is 23.1 Å². The third kappa shape index (κ3) is 4.64. The number of halogens is 3. The highest BCUT2D eigenvalue weighted by Crippen LogP contribution is 2.39. The fraction of sp³-hybridized carbons (Fsp3) is 0.375. The number of rotatable bonds is 4. The number of para-hydroxylation sites is 1. The Kier molecular flexibility index (Phi) is 6.24. The van der Waals surface area contributed by atoms with Gasteiger partial charge in [0.25, 0.3) is 0 Å². The van der Waals surface area contributed by atoms with Crippen LogP contribution >= 0.6 is 11.8 Å². The molecular formula is C24H22F3N3O3S. The minimum atomic E-state index is -4.67. The predicted octanol–water partition coefficient (Wildman–Crippen LogP) is 5.27. The van der Waals surface area contributed by atoms with Gasteiger partial charge in [0.15, 0.2) is 11.5 Å². The van der Waals surface area contributed by atoms with Crippen molar-refractivity contribution in [2.24, 2.45) is 0 Å². The first-order valence-electron chi connectivity index (χ1n) is 11.1. The van der Waals surface area contributed by atoms with E-state index in [-0.39, 0.29) is 28.2 Å². The summed E-state index contributed by atoms with van der Waals surface area (Å²) in [5.74, 6) is 0.0159. The van der Waals surface area contributed by atoms with Crippen LogP contribution < -0.4 is 9.47 Å². The van der Waals surface area contributed by atoms with Crippen LogP contribution in [0, 0.1) is 0 Å². The molecule has 6 nitrogen and oxygen atoms in total. The van der Waals surface area contributed by atoms with Crippen LogP contribution in [-0.2, 0) is 11.0 Å². The van der Waals surface area contributed by atoms with Crippen LogP contribution in [0.4, 0.5) is 13.2 Å². The van der Waals surface area contributed by atoms with Crippen molar-refractivity contribution in [1.82, 2.24) is 14.9 Å². The second kappa shape index (κ2) is 9.32. The van der Waals surface area contributed by atoms with Crippen molar-refractivity contribution in [2.45, 2.75) is 36.5 Å². The molecule has 1 amide bonds. The molecule has 1 fully saturated rings. The molecule has 2 aromatic carbocycles. The molecular weight excluding hydrogens is 467 g/mol. The van der Waals surface area contributed by atoms with E-state index >= 15 is 0 Å². The molecule has 34 heavy (non-hydrogen) atoms. The lowest BCUT2D eigenvalue weighted by Crippen LogP contribution is -2.32. The molecule has 2 aliphatic heterocycles. The Hall–Kier alpha value is -3.01. The molecule has 3 heterocycles. The number of hydrogen-bond acceptors (Lipinski definition) is 6. The molecule has 2 aliphatic rings. The van der Waals surface area contributed by atoms with E-state index in [0.717, 1.165) is 36.6 Å². The molecule has 178 valence electrons. The number of carbonyl (C=O) groups excluding carboxylic acids is 1. The van der Waals surface area contributed by atoms with Crippen LogP contribution in [0.25, 0.3) is 10.9 Å². The van der Waals surface area contributed by atoms with Crippen LogP contribution in [0.3, 0.4) is 0 Å². The van der Waals surface area contributed by atoms with Crippen LogP contribution in [-0.4, -0.2) is 46.3 Å². The molecule has 0 unspecified atom stereocenters. The number of likely N-dealkylation sites (tertiary alicyclic amines) is 1. The summed E-state index contributed by atoms with van der Waals surface area (Å²) in [6.45, 7) is 1.77. The van der Waals surface area contributed by atoms with Crippen molar-refractivity contribution >= 4 is 28.6 Å². The van der Waals surface area contributed by atoms with Gasteiger partial charge in [0.1, 0.15) is 5.03 Å². The Bertz CT molecular complexity index is 1220. The third-order valence-electron chi connectivity index (χ3n) is 5.88. The van der Waals surface area contributed by atoms with Crippen molar-refractivity contribution in [3.8, 4) is 11.5 Å². The molecule has 0 spiro atoms. The van der Waals surface area contributed by atoms with E-state index in [0.29, 0.717) is 36.6 Å². The minimum Gasteiger partial charge on any atom is -0.490 e. The molecule has 1 aromatic heterocycles. The molecule has 0 N–H and O–H groups in total. The summed E-state index contributed by atoms with van der Waals surface area (Å²) in [6, 6.07) is 12.2. The molecule has 3 aromatic rings. The summed E-state index contributed by atoms with van der Waals surface area (Å²) in [5, 5.41) is 0.645. The molecule has 10 heteroatoms. The van der Waals surface area contributed by atoms with Gasteiger partial charge < -0.3 is 14.4 Å². The summed E-state index contributed by atoms with van der Waals surface area (Å²) in [6.07, 6.45) is -2.20. The lowest BCUT2D eigenvalue weighted by atomic mass is 10.0. The molecule has 0 radical (unpaired) electrons. The highest BCUT2D eigenvalue weighted by Gasteiger charge is 2.36. The van der Waals surface area contributed by atoms with Crippen molar-refractivity contribution in [1.29, 1.82) is 0 Å². The minimum absolute atomic E-state index is 0.0145. The molecule has 1 atom stereocenters. The van der Waals surface area contributed by atoms with E-state index in [2.05, 4.69) is 9.97 Å². The summed E-state index contributed by atoms with van der Waals surface area (Å²) >= 11 is 1.01. The molecule has 0 bridgehead atoms. The Morgan fingerprint density at radius 3 is 2.68 bits per heavy atom. The zero-order valence-electron chi connectivity index (χ0n) is 18.2. The molecule has 0 saturated carbocycles. The number of thioether (sulfide) groups is 1. The topological polar surface area (TPSA) is 64.6 Å². The highest BCUT2D eigenvalue weighted by atomic mass is 32.2. The number of hydrogen-bond donors (Lipinski definition) is 0. The van der Waals surface area contributed by atoms with E-state index in [1.807, 2.05) is 18.2 Å². The fourth-order valence-electron chi connectivity index (χ4n) is 4.30. The van der Waals surface area contributed by atoms with E-state index in [9.17, 15) is 18.0 Å². The number of amides is 1. The zero-order valence-corrected chi connectivity index (χ0v) is 19.0. The predicted molar refractivity (Wildman–Crippen MR) is 121 cm³/mol. The number of fused-ring (bicyclic) bond motifs is 2. The Labute approximate surface area is 198 Å². The number of carbonyl (C=O) groups is 1. The van der Waals surface area contributed by atoms with Gasteiger partial charge in [-0.2, -0.15) is 13.2 Å². The van der Waals surface area contributed by atoms with Crippen LogP contribution in [0.1, 0.15) is 36.7 Å². The van der Waals surface area contributed by atoms with Gasteiger partial charge in [0, 0.05) is 18.4 Å². The Balaban J connectivity index is 1.35. The first-order valence-corrected chi connectivity index (χ1v) is 12.0. The lowest BCUT2D eigenvalue weighted by molar-refractivity contribution is -0.145. The normalized spacial score (nSPS) is 18.2. The Morgan fingerprint density at radius 2 is 1.85 bits per heavy atom. The van der Waals surface area contributed by atoms with Gasteiger partial charge in [-0.1, -0.05) is 36.0 Å². The van der Waals surface area contributed by atoms with Gasteiger partial charge in [-0.25, -0.2) is 9.97 Å². The summed E-state index contributed by atoms with van der Waals surface area (Å²) < 4.78 is 51.4.